The van der Waals surface area contributed by atoms with Crippen molar-refractivity contribution in [1.29, 1.82) is 0 Å². The van der Waals surface area contributed by atoms with E-state index in [1.807, 2.05) is 0 Å². The van der Waals surface area contributed by atoms with Crippen LogP contribution >= 0.6 is 12.4 Å². The predicted molar refractivity (Wildman–Crippen MR) is 46.4 cm³/mol. The molecule has 0 aromatic rings. The molecule has 12 heavy (non-hydrogen) atoms. The third kappa shape index (κ3) is 2.91. The standard InChI is InChI=1S/2C3H7N2.ClH.Ru/c2*1-2-5-3-4-1;;/h2*4H,1-3H2;1H;/q2*-1;;+2. The Hall–Kier alpha value is 0.753. The second-order valence-corrected chi connectivity index (χ2v) is 5.27. The Labute approximate surface area is 87.6 Å². The van der Waals surface area contributed by atoms with Crippen LogP contribution in [0.3, 0.4) is 0 Å². The van der Waals surface area contributed by atoms with Gasteiger partial charge in [-0.3, -0.25) is 0 Å². The second kappa shape index (κ2) is 5.48. The fourth-order valence-electron chi connectivity index (χ4n) is 1.21. The van der Waals surface area contributed by atoms with Crippen LogP contribution in [0.15, 0.2) is 0 Å². The van der Waals surface area contributed by atoms with Crippen molar-refractivity contribution in [2.75, 3.05) is 39.5 Å². The van der Waals surface area contributed by atoms with E-state index in [4.69, 9.17) is 0 Å². The third-order valence-electron chi connectivity index (χ3n) is 1.81. The van der Waals surface area contributed by atoms with Crippen LogP contribution in [0, 0.1) is 0 Å². The van der Waals surface area contributed by atoms with Crippen molar-refractivity contribution >= 4 is 12.4 Å². The molecule has 0 atom stereocenters. The van der Waals surface area contributed by atoms with E-state index in [9.17, 15) is 0 Å². The maximum Gasteiger partial charge on any atom is -0.147 e. The minimum atomic E-state index is 0. The van der Waals surface area contributed by atoms with Gasteiger partial charge in [0.15, 0.2) is 0 Å². The molecule has 2 aliphatic heterocycles. The summed E-state index contributed by atoms with van der Waals surface area (Å²) in [5.74, 6) is 0. The van der Waals surface area contributed by atoms with Crippen molar-refractivity contribution in [2.24, 2.45) is 0 Å². The van der Waals surface area contributed by atoms with E-state index in [2.05, 4.69) is 17.9 Å². The molecule has 0 saturated carbocycles. The van der Waals surface area contributed by atoms with Gasteiger partial charge in [-0.2, -0.15) is 0 Å². The summed E-state index contributed by atoms with van der Waals surface area (Å²) in [4.78, 5) is 0. The molecule has 2 heterocycles. The summed E-state index contributed by atoms with van der Waals surface area (Å²) in [6.07, 6.45) is 0. The summed E-state index contributed by atoms with van der Waals surface area (Å²) < 4.78 is 5.06. The molecular formula is C6H15ClN4Ru. The first-order chi connectivity index (χ1) is 5.45. The largest absolute Gasteiger partial charge is 0.147 e. The van der Waals surface area contributed by atoms with Gasteiger partial charge < -0.3 is 0 Å². The molecule has 2 rings (SSSR count). The molecule has 0 bridgehead atoms. The first-order valence-electron chi connectivity index (χ1n) is 4.00. The Kier molecular flexibility index (Phi) is 4.94. The molecule has 2 N–H and O–H groups in total. The molecule has 0 aromatic heterocycles. The van der Waals surface area contributed by atoms with Gasteiger partial charge in [0.1, 0.15) is 0 Å². The molecular weight excluding hydrogens is 265 g/mol. The minimum Gasteiger partial charge on any atom is -0.147 e. The van der Waals surface area contributed by atoms with Crippen LogP contribution < -0.4 is 10.6 Å². The average molecular weight is 280 g/mol. The molecule has 0 spiro atoms. The molecule has 0 radical (unpaired) electrons. The molecule has 0 aromatic carbocycles. The van der Waals surface area contributed by atoms with Gasteiger partial charge in [0, 0.05) is 0 Å². The van der Waals surface area contributed by atoms with E-state index in [1.165, 1.54) is 26.2 Å². The fourth-order valence-corrected chi connectivity index (χ4v) is 3.28. The SMILES string of the molecule is C1C[N]([Ru][N]2CCNC2)CN1.Cl. The minimum absolute atomic E-state index is 0. The Morgan fingerprint density at radius 2 is 1.42 bits per heavy atom. The van der Waals surface area contributed by atoms with E-state index in [0.717, 1.165) is 13.3 Å². The summed E-state index contributed by atoms with van der Waals surface area (Å²) in [6, 6.07) is 0. The zero-order valence-corrected chi connectivity index (χ0v) is 9.45. The summed E-state index contributed by atoms with van der Waals surface area (Å²) >= 11 is 0.335. The molecule has 0 amide bonds. The van der Waals surface area contributed by atoms with Crippen molar-refractivity contribution in [1.82, 2.24) is 17.9 Å². The first-order valence-corrected chi connectivity index (χ1v) is 5.55. The third-order valence-corrected chi connectivity index (χ3v) is 4.12. The first kappa shape index (κ1) is 10.8. The second-order valence-electron chi connectivity index (χ2n) is 2.73. The van der Waals surface area contributed by atoms with Crippen molar-refractivity contribution < 1.29 is 17.6 Å². The summed E-state index contributed by atoms with van der Waals surface area (Å²) in [5, 5.41) is 6.70. The number of nitrogens with zero attached hydrogens (tertiary/aromatic N) is 2. The Bertz CT molecular complexity index is 111. The van der Waals surface area contributed by atoms with Crippen molar-refractivity contribution in [3.05, 3.63) is 0 Å². The van der Waals surface area contributed by atoms with Crippen LogP contribution in [-0.2, 0) is 17.6 Å². The van der Waals surface area contributed by atoms with Gasteiger partial charge in [0.05, 0.1) is 0 Å². The maximum atomic E-state index is 3.35. The number of hydrogen-bond acceptors (Lipinski definition) is 4. The Balaban J connectivity index is 0.000000720. The fraction of sp³-hybridized carbons (Fsp3) is 1.00. The van der Waals surface area contributed by atoms with Gasteiger partial charge in [0.2, 0.25) is 0 Å². The molecule has 4 nitrogen and oxygen atoms in total. The van der Waals surface area contributed by atoms with E-state index >= 15 is 0 Å². The van der Waals surface area contributed by atoms with Gasteiger partial charge in [-0.25, -0.2) is 0 Å². The molecule has 0 unspecified atom stereocenters. The van der Waals surface area contributed by atoms with E-state index in [0.29, 0.717) is 17.6 Å². The van der Waals surface area contributed by atoms with Gasteiger partial charge >= 0.3 is 75.0 Å². The van der Waals surface area contributed by atoms with E-state index < -0.39 is 0 Å². The molecule has 6 heteroatoms. The van der Waals surface area contributed by atoms with Crippen LogP contribution in [0.1, 0.15) is 0 Å². The summed E-state index contributed by atoms with van der Waals surface area (Å²) in [7, 11) is 0. The van der Waals surface area contributed by atoms with E-state index in [1.54, 1.807) is 0 Å². The average Bonchev–Trinajstić information content (AvgIpc) is 2.60. The molecule has 2 saturated heterocycles. The van der Waals surface area contributed by atoms with Gasteiger partial charge in [-0.05, 0) is 0 Å². The van der Waals surface area contributed by atoms with E-state index in [-0.39, 0.29) is 12.4 Å². The van der Waals surface area contributed by atoms with Crippen LogP contribution in [0.25, 0.3) is 0 Å². The summed E-state index contributed by atoms with van der Waals surface area (Å²) in [6.45, 7) is 7.05. The quantitative estimate of drug-likeness (QED) is 0.638. The molecule has 2 fully saturated rings. The topological polar surface area (TPSA) is 30.5 Å². The molecule has 2 aliphatic rings. The zero-order valence-electron chi connectivity index (χ0n) is 6.90. The maximum absolute atomic E-state index is 3.35. The number of rotatable bonds is 2. The van der Waals surface area contributed by atoms with Crippen molar-refractivity contribution in [2.45, 2.75) is 0 Å². The monoisotopic (exact) mass is 280 g/mol. The van der Waals surface area contributed by atoms with Gasteiger partial charge in [-0.1, -0.05) is 0 Å². The van der Waals surface area contributed by atoms with Crippen LogP contribution in [0.4, 0.5) is 0 Å². The Morgan fingerprint density at radius 3 is 1.75 bits per heavy atom. The predicted octanol–water partition coefficient (Wildman–Crippen LogP) is -0.954. The smallest absolute Gasteiger partial charge is 0.147 e. The molecule has 0 aliphatic carbocycles. The van der Waals surface area contributed by atoms with Crippen LogP contribution in [0.5, 0.6) is 0 Å². The van der Waals surface area contributed by atoms with Gasteiger partial charge in [0.25, 0.3) is 0 Å². The van der Waals surface area contributed by atoms with Gasteiger partial charge in [-0.15, -0.1) is 12.4 Å². The Morgan fingerprint density at radius 1 is 0.917 bits per heavy atom. The van der Waals surface area contributed by atoms with Crippen LogP contribution in [-0.4, -0.2) is 46.8 Å². The van der Waals surface area contributed by atoms with Crippen molar-refractivity contribution in [3.63, 3.8) is 0 Å². The number of halogens is 1. The van der Waals surface area contributed by atoms with Crippen molar-refractivity contribution in [3.8, 4) is 0 Å². The number of nitrogens with one attached hydrogen (secondary N) is 2. The normalized spacial score (nSPS) is 26.3. The number of hydrogen-bond donors (Lipinski definition) is 2. The zero-order chi connectivity index (χ0) is 7.52. The van der Waals surface area contributed by atoms with Crippen LogP contribution in [0.2, 0.25) is 0 Å². The summed E-state index contributed by atoms with van der Waals surface area (Å²) in [5.41, 5.74) is 0. The molecule has 74 valence electrons.